The van der Waals surface area contributed by atoms with Crippen molar-refractivity contribution in [1.29, 1.82) is 0 Å². The van der Waals surface area contributed by atoms with Crippen molar-refractivity contribution in [3.8, 4) is 11.5 Å². The smallest absolute Gasteiger partial charge is 0.231 e. The van der Waals surface area contributed by atoms with Gasteiger partial charge in [-0.1, -0.05) is 25.3 Å². The number of aromatic nitrogens is 1. The molecule has 0 radical (unpaired) electrons. The van der Waals surface area contributed by atoms with E-state index in [2.05, 4.69) is 29.6 Å². The predicted molar refractivity (Wildman–Crippen MR) is 108 cm³/mol. The fraction of sp³-hybridized carbons (Fsp3) is 0.348. The fourth-order valence-electron chi connectivity index (χ4n) is 4.30. The number of fused-ring (bicyclic) bond motifs is 2. The lowest BCUT2D eigenvalue weighted by Gasteiger charge is -2.22. The third-order valence-corrected chi connectivity index (χ3v) is 5.69. The summed E-state index contributed by atoms with van der Waals surface area (Å²) >= 11 is 0. The molecule has 1 aliphatic carbocycles. The Hall–Kier alpha value is -2.75. The topological polar surface area (TPSA) is 43.4 Å². The minimum absolute atomic E-state index is 0.292. The van der Waals surface area contributed by atoms with Gasteiger partial charge in [0.05, 0.1) is 5.52 Å². The van der Waals surface area contributed by atoms with E-state index in [1.807, 2.05) is 25.1 Å². The minimum atomic E-state index is 0.292. The van der Waals surface area contributed by atoms with Gasteiger partial charge in [-0.3, -0.25) is 4.98 Å². The number of benzene rings is 2. The fourth-order valence-corrected chi connectivity index (χ4v) is 4.30. The van der Waals surface area contributed by atoms with Crippen LogP contribution in [0.25, 0.3) is 10.9 Å². The number of nitrogens with one attached hydrogen (secondary N) is 1. The van der Waals surface area contributed by atoms with Gasteiger partial charge in [0.1, 0.15) is 0 Å². The van der Waals surface area contributed by atoms with Crippen LogP contribution in [-0.4, -0.2) is 11.8 Å². The first-order chi connectivity index (χ1) is 13.3. The summed E-state index contributed by atoms with van der Waals surface area (Å²) in [5, 5.41) is 4.75. The van der Waals surface area contributed by atoms with E-state index in [-0.39, 0.29) is 0 Å². The molecule has 4 nitrogen and oxygen atoms in total. The number of rotatable bonds is 3. The Morgan fingerprint density at radius 2 is 1.78 bits per heavy atom. The van der Waals surface area contributed by atoms with Crippen LogP contribution in [0, 0.1) is 6.92 Å². The number of anilines is 2. The number of hydrogen-bond donors (Lipinski definition) is 1. The summed E-state index contributed by atoms with van der Waals surface area (Å²) in [5.41, 5.74) is 5.58. The zero-order valence-corrected chi connectivity index (χ0v) is 15.6. The zero-order chi connectivity index (χ0) is 18.2. The van der Waals surface area contributed by atoms with Gasteiger partial charge in [0.2, 0.25) is 6.79 Å². The van der Waals surface area contributed by atoms with Crippen LogP contribution in [0.4, 0.5) is 11.4 Å². The normalized spacial score (nSPS) is 16.6. The van der Waals surface area contributed by atoms with Crippen molar-refractivity contribution >= 4 is 22.3 Å². The van der Waals surface area contributed by atoms with Crippen molar-refractivity contribution in [3.05, 3.63) is 53.7 Å². The largest absolute Gasteiger partial charge is 0.454 e. The van der Waals surface area contributed by atoms with Gasteiger partial charge in [0, 0.05) is 28.5 Å². The zero-order valence-electron chi connectivity index (χ0n) is 15.6. The van der Waals surface area contributed by atoms with Gasteiger partial charge in [-0.05, 0) is 61.6 Å². The molecule has 5 rings (SSSR count). The van der Waals surface area contributed by atoms with E-state index in [9.17, 15) is 0 Å². The van der Waals surface area contributed by atoms with Crippen molar-refractivity contribution in [1.82, 2.24) is 4.98 Å². The van der Waals surface area contributed by atoms with Crippen LogP contribution in [0.15, 0.2) is 42.5 Å². The summed E-state index contributed by atoms with van der Waals surface area (Å²) in [6.45, 7) is 2.33. The maximum absolute atomic E-state index is 5.51. The number of aryl methyl sites for hydroxylation is 1. The molecule has 3 aromatic rings. The van der Waals surface area contributed by atoms with Gasteiger partial charge < -0.3 is 14.8 Å². The molecule has 1 saturated carbocycles. The van der Waals surface area contributed by atoms with Gasteiger partial charge in [-0.2, -0.15) is 0 Å². The van der Waals surface area contributed by atoms with Gasteiger partial charge in [0.25, 0.3) is 0 Å². The summed E-state index contributed by atoms with van der Waals surface area (Å²) in [7, 11) is 0. The maximum Gasteiger partial charge on any atom is 0.231 e. The Morgan fingerprint density at radius 3 is 2.67 bits per heavy atom. The lowest BCUT2D eigenvalue weighted by atomic mass is 9.83. The van der Waals surface area contributed by atoms with Gasteiger partial charge in [-0.15, -0.1) is 0 Å². The van der Waals surface area contributed by atoms with E-state index in [0.29, 0.717) is 12.7 Å². The van der Waals surface area contributed by atoms with Gasteiger partial charge in [-0.25, -0.2) is 0 Å². The van der Waals surface area contributed by atoms with E-state index in [1.54, 1.807) is 0 Å². The third-order valence-electron chi connectivity index (χ3n) is 5.69. The highest BCUT2D eigenvalue weighted by Crippen LogP contribution is 2.38. The molecule has 2 heterocycles. The van der Waals surface area contributed by atoms with Crippen LogP contribution in [-0.2, 0) is 0 Å². The van der Waals surface area contributed by atoms with Gasteiger partial charge >= 0.3 is 0 Å². The second-order valence-corrected chi connectivity index (χ2v) is 7.62. The standard InChI is InChI=1S/C23H24N2O2/c1-15-11-21(25-18-8-10-22-23(13-18)27-14-26-22)19-12-17(7-9-20(19)24-15)16-5-3-2-4-6-16/h7-13,16H,2-6,14H2,1H3,(H,24,25). The first-order valence-electron chi connectivity index (χ1n) is 9.84. The van der Waals surface area contributed by atoms with E-state index in [0.717, 1.165) is 34.1 Å². The monoisotopic (exact) mass is 360 g/mol. The minimum Gasteiger partial charge on any atom is -0.454 e. The molecule has 0 atom stereocenters. The molecule has 1 aliphatic heterocycles. The van der Waals surface area contributed by atoms with Crippen LogP contribution in [0.3, 0.4) is 0 Å². The molecule has 0 saturated heterocycles. The highest BCUT2D eigenvalue weighted by Gasteiger charge is 2.17. The van der Waals surface area contributed by atoms with Crippen LogP contribution in [0.5, 0.6) is 11.5 Å². The molecule has 27 heavy (non-hydrogen) atoms. The van der Waals surface area contributed by atoms with Crippen LogP contribution in [0.1, 0.15) is 49.3 Å². The average Bonchev–Trinajstić information content (AvgIpc) is 3.16. The molecular formula is C23H24N2O2. The van der Waals surface area contributed by atoms with Crippen LogP contribution >= 0.6 is 0 Å². The van der Waals surface area contributed by atoms with E-state index >= 15 is 0 Å². The molecule has 1 fully saturated rings. The number of pyridine rings is 1. The second-order valence-electron chi connectivity index (χ2n) is 7.62. The predicted octanol–water partition coefficient (Wildman–Crippen LogP) is 6.06. The Bertz CT molecular complexity index is 993. The summed E-state index contributed by atoms with van der Waals surface area (Å²) in [4.78, 5) is 4.74. The second kappa shape index (κ2) is 6.76. The first kappa shape index (κ1) is 16.4. The third kappa shape index (κ3) is 3.20. The Kier molecular flexibility index (Phi) is 4.12. The summed E-state index contributed by atoms with van der Waals surface area (Å²) in [6, 6.07) is 14.9. The van der Waals surface area contributed by atoms with Crippen molar-refractivity contribution < 1.29 is 9.47 Å². The molecule has 0 unspecified atom stereocenters. The van der Waals surface area contributed by atoms with Crippen molar-refractivity contribution in [2.24, 2.45) is 0 Å². The lowest BCUT2D eigenvalue weighted by molar-refractivity contribution is 0.174. The first-order valence-corrected chi connectivity index (χ1v) is 9.84. The molecule has 0 bridgehead atoms. The highest BCUT2D eigenvalue weighted by molar-refractivity contribution is 5.94. The van der Waals surface area contributed by atoms with E-state index in [1.165, 1.54) is 43.1 Å². The molecule has 2 aromatic carbocycles. The van der Waals surface area contributed by atoms with Crippen molar-refractivity contribution in [2.45, 2.75) is 44.9 Å². The SMILES string of the molecule is Cc1cc(Nc2ccc3c(c2)OCO3)c2cc(C3CCCCC3)ccc2n1. The molecule has 4 heteroatoms. The number of ether oxygens (including phenoxy) is 2. The number of nitrogens with zero attached hydrogens (tertiary/aromatic N) is 1. The maximum atomic E-state index is 5.51. The summed E-state index contributed by atoms with van der Waals surface area (Å²) in [5.74, 6) is 2.27. The molecular weight excluding hydrogens is 336 g/mol. The molecule has 2 aliphatic rings. The van der Waals surface area contributed by atoms with E-state index < -0.39 is 0 Å². The quantitative estimate of drug-likeness (QED) is 0.616. The number of hydrogen-bond acceptors (Lipinski definition) is 4. The summed E-state index contributed by atoms with van der Waals surface area (Å²) < 4.78 is 10.9. The Morgan fingerprint density at radius 1 is 0.926 bits per heavy atom. The Labute approximate surface area is 159 Å². The van der Waals surface area contributed by atoms with Crippen molar-refractivity contribution in [3.63, 3.8) is 0 Å². The van der Waals surface area contributed by atoms with E-state index in [4.69, 9.17) is 14.5 Å². The molecule has 0 amide bonds. The Balaban J connectivity index is 1.53. The molecule has 1 aromatic heterocycles. The van der Waals surface area contributed by atoms with Gasteiger partial charge in [0.15, 0.2) is 11.5 Å². The summed E-state index contributed by atoms with van der Waals surface area (Å²) in [6.07, 6.45) is 6.67. The molecule has 1 N–H and O–H groups in total. The molecule has 0 spiro atoms. The lowest BCUT2D eigenvalue weighted by Crippen LogP contribution is -2.04. The average molecular weight is 360 g/mol. The highest BCUT2D eigenvalue weighted by atomic mass is 16.7. The van der Waals surface area contributed by atoms with Crippen molar-refractivity contribution in [2.75, 3.05) is 12.1 Å². The van der Waals surface area contributed by atoms with Crippen LogP contribution < -0.4 is 14.8 Å². The molecule has 138 valence electrons. The van der Waals surface area contributed by atoms with Crippen LogP contribution in [0.2, 0.25) is 0 Å².